The van der Waals surface area contributed by atoms with Crippen molar-refractivity contribution in [1.29, 1.82) is 0 Å². The van der Waals surface area contributed by atoms with Crippen LogP contribution in [-0.2, 0) is 28.9 Å². The minimum Gasteiger partial charge on any atom is -0.450 e. The van der Waals surface area contributed by atoms with Crippen molar-refractivity contribution < 1.29 is 14.3 Å². The number of aromatic nitrogens is 4. The number of hydrogen-bond acceptors (Lipinski definition) is 6. The van der Waals surface area contributed by atoms with Gasteiger partial charge in [-0.05, 0) is 47.7 Å². The highest BCUT2D eigenvalue weighted by Gasteiger charge is 2.21. The smallest absolute Gasteiger partial charge is 0.407 e. The van der Waals surface area contributed by atoms with E-state index >= 15 is 0 Å². The van der Waals surface area contributed by atoms with Crippen molar-refractivity contribution in [2.45, 2.75) is 45.2 Å². The molecule has 0 aliphatic rings. The van der Waals surface area contributed by atoms with Crippen molar-refractivity contribution in [3.8, 4) is 0 Å². The van der Waals surface area contributed by atoms with Crippen molar-refractivity contribution in [2.75, 3.05) is 6.61 Å². The molecule has 1 heterocycles. The summed E-state index contributed by atoms with van der Waals surface area (Å²) in [5, 5.41) is 15.7. The number of ketones is 1. The molecular formula is C23H25Cl2N5O3. The Hall–Kier alpha value is -2.97. The zero-order chi connectivity index (χ0) is 23.6. The van der Waals surface area contributed by atoms with Crippen LogP contribution in [0.4, 0.5) is 4.79 Å². The van der Waals surface area contributed by atoms with Crippen LogP contribution in [0, 0.1) is 0 Å². The van der Waals surface area contributed by atoms with Crippen LogP contribution in [-0.4, -0.2) is 44.7 Å². The summed E-state index contributed by atoms with van der Waals surface area (Å²) >= 11 is 12.4. The number of benzene rings is 2. The van der Waals surface area contributed by atoms with Crippen LogP contribution in [0.5, 0.6) is 0 Å². The van der Waals surface area contributed by atoms with Gasteiger partial charge in [-0.1, -0.05) is 66.5 Å². The summed E-state index contributed by atoms with van der Waals surface area (Å²) in [7, 11) is 0. The molecule has 1 amide bonds. The SMILES string of the molecule is CCC(NC(=O)OCCCc1ccccc1)C(=O)Cn1nnc(Cc2c(Cl)cccc2Cl)n1. The Labute approximate surface area is 202 Å². The number of carbonyl (C=O) groups excluding carboxylic acids is 2. The summed E-state index contributed by atoms with van der Waals surface area (Å²) < 4.78 is 5.21. The molecule has 1 N–H and O–H groups in total. The standard InChI is InChI=1S/C23H25Cl2N5O3/c1-2-20(26-23(32)33-13-7-10-16-8-4-3-5-9-16)21(31)15-30-28-22(27-29-30)14-17-18(24)11-6-12-19(17)25/h3-6,8-9,11-12,20H,2,7,10,13-15H2,1H3,(H,26,32). The molecular weight excluding hydrogens is 465 g/mol. The van der Waals surface area contributed by atoms with Crippen LogP contribution in [0.2, 0.25) is 10.0 Å². The maximum Gasteiger partial charge on any atom is 0.407 e. The third kappa shape index (κ3) is 7.54. The average molecular weight is 490 g/mol. The number of ether oxygens (including phenoxy) is 1. The molecule has 3 aromatic rings. The van der Waals surface area contributed by atoms with E-state index in [1.165, 1.54) is 10.4 Å². The fourth-order valence-electron chi connectivity index (χ4n) is 3.20. The first-order valence-corrected chi connectivity index (χ1v) is 11.4. The summed E-state index contributed by atoms with van der Waals surface area (Å²) in [6, 6.07) is 14.5. The minimum absolute atomic E-state index is 0.129. The van der Waals surface area contributed by atoms with Gasteiger partial charge in [0, 0.05) is 16.5 Å². The second-order valence-electron chi connectivity index (χ2n) is 7.41. The third-order valence-electron chi connectivity index (χ3n) is 4.96. The lowest BCUT2D eigenvalue weighted by atomic mass is 10.1. The second kappa shape index (κ2) is 12.3. The molecule has 8 nitrogen and oxygen atoms in total. The van der Waals surface area contributed by atoms with Crippen LogP contribution < -0.4 is 5.32 Å². The minimum atomic E-state index is -0.709. The fourth-order valence-corrected chi connectivity index (χ4v) is 3.73. The Balaban J connectivity index is 1.46. The van der Waals surface area contributed by atoms with Crippen molar-refractivity contribution in [3.05, 3.63) is 75.5 Å². The maximum atomic E-state index is 12.6. The van der Waals surface area contributed by atoms with Crippen molar-refractivity contribution in [1.82, 2.24) is 25.5 Å². The van der Waals surface area contributed by atoms with Gasteiger partial charge in [0.05, 0.1) is 12.6 Å². The highest BCUT2D eigenvalue weighted by atomic mass is 35.5. The lowest BCUT2D eigenvalue weighted by molar-refractivity contribution is -0.122. The number of amides is 1. The molecule has 1 unspecified atom stereocenters. The molecule has 0 spiro atoms. The van der Waals surface area contributed by atoms with E-state index in [1.807, 2.05) is 30.3 Å². The van der Waals surface area contributed by atoms with E-state index in [-0.39, 0.29) is 25.4 Å². The monoisotopic (exact) mass is 489 g/mol. The maximum absolute atomic E-state index is 12.6. The third-order valence-corrected chi connectivity index (χ3v) is 5.67. The number of tetrazole rings is 1. The van der Waals surface area contributed by atoms with E-state index in [0.29, 0.717) is 34.3 Å². The van der Waals surface area contributed by atoms with Gasteiger partial charge in [0.25, 0.3) is 0 Å². The Morgan fingerprint density at radius 2 is 1.82 bits per heavy atom. The molecule has 0 saturated carbocycles. The predicted molar refractivity (Wildman–Crippen MR) is 125 cm³/mol. The molecule has 0 aliphatic carbocycles. The number of hydrogen-bond donors (Lipinski definition) is 1. The van der Waals surface area contributed by atoms with Gasteiger partial charge in [0.15, 0.2) is 11.6 Å². The van der Waals surface area contributed by atoms with Crippen LogP contribution in [0.3, 0.4) is 0 Å². The van der Waals surface area contributed by atoms with Gasteiger partial charge < -0.3 is 10.1 Å². The highest BCUT2D eigenvalue weighted by molar-refractivity contribution is 6.36. The molecule has 0 aliphatic heterocycles. The molecule has 2 aromatic carbocycles. The molecule has 0 fully saturated rings. The lowest BCUT2D eigenvalue weighted by Gasteiger charge is -2.15. The fraction of sp³-hybridized carbons (Fsp3) is 0.348. The number of rotatable bonds is 11. The Bertz CT molecular complexity index is 1050. The topological polar surface area (TPSA) is 99.0 Å². The number of halogens is 2. The molecule has 0 bridgehead atoms. The van der Waals surface area contributed by atoms with Crippen LogP contribution >= 0.6 is 23.2 Å². The Morgan fingerprint density at radius 1 is 1.09 bits per heavy atom. The van der Waals surface area contributed by atoms with E-state index in [4.69, 9.17) is 27.9 Å². The normalized spacial score (nSPS) is 11.7. The van der Waals surface area contributed by atoms with E-state index in [1.54, 1.807) is 25.1 Å². The predicted octanol–water partition coefficient (Wildman–Crippen LogP) is 4.28. The average Bonchev–Trinajstić information content (AvgIpc) is 3.25. The van der Waals surface area contributed by atoms with Crippen molar-refractivity contribution in [3.63, 3.8) is 0 Å². The largest absolute Gasteiger partial charge is 0.450 e. The summed E-state index contributed by atoms with van der Waals surface area (Å²) in [4.78, 5) is 25.9. The van der Waals surface area contributed by atoms with Crippen LogP contribution in [0.15, 0.2) is 48.5 Å². The zero-order valence-corrected chi connectivity index (χ0v) is 19.7. The van der Waals surface area contributed by atoms with Crippen molar-refractivity contribution in [2.24, 2.45) is 0 Å². The molecule has 0 saturated heterocycles. The molecule has 0 radical (unpaired) electrons. The molecule has 1 aromatic heterocycles. The van der Waals surface area contributed by atoms with E-state index in [2.05, 4.69) is 20.7 Å². The lowest BCUT2D eigenvalue weighted by Crippen LogP contribution is -2.42. The number of aryl methyl sites for hydroxylation is 1. The van der Waals surface area contributed by atoms with Crippen LogP contribution in [0.1, 0.15) is 36.7 Å². The van der Waals surface area contributed by atoms with Crippen LogP contribution in [0.25, 0.3) is 0 Å². The number of carbonyl (C=O) groups is 2. The van der Waals surface area contributed by atoms with Gasteiger partial charge in [-0.25, -0.2) is 4.79 Å². The quantitative estimate of drug-likeness (QED) is 0.403. The van der Waals surface area contributed by atoms with Gasteiger partial charge in [-0.3, -0.25) is 4.79 Å². The number of Topliss-reactive ketones (excluding diaryl/α,β-unsaturated/α-hetero) is 1. The molecule has 3 rings (SSSR count). The first-order chi connectivity index (χ1) is 16.0. The van der Waals surface area contributed by atoms with E-state index in [9.17, 15) is 9.59 Å². The first-order valence-electron chi connectivity index (χ1n) is 10.7. The molecule has 33 heavy (non-hydrogen) atoms. The summed E-state index contributed by atoms with van der Waals surface area (Å²) in [5.41, 5.74) is 1.87. The second-order valence-corrected chi connectivity index (χ2v) is 8.22. The molecule has 174 valence electrons. The van der Waals surface area contributed by atoms with E-state index < -0.39 is 12.1 Å². The Kier molecular flexibility index (Phi) is 9.21. The summed E-state index contributed by atoms with van der Waals surface area (Å²) in [6.07, 6.45) is 1.59. The Morgan fingerprint density at radius 3 is 2.52 bits per heavy atom. The zero-order valence-electron chi connectivity index (χ0n) is 18.2. The van der Waals surface area contributed by atoms with E-state index in [0.717, 1.165) is 6.42 Å². The molecule has 10 heteroatoms. The van der Waals surface area contributed by atoms with Crippen molar-refractivity contribution >= 4 is 35.1 Å². The van der Waals surface area contributed by atoms with Gasteiger partial charge in [0.2, 0.25) is 0 Å². The van der Waals surface area contributed by atoms with Gasteiger partial charge >= 0.3 is 6.09 Å². The summed E-state index contributed by atoms with van der Waals surface area (Å²) in [6.45, 7) is 1.94. The summed E-state index contributed by atoms with van der Waals surface area (Å²) in [5.74, 6) is 0.134. The van der Waals surface area contributed by atoms with Gasteiger partial charge in [-0.2, -0.15) is 4.80 Å². The van der Waals surface area contributed by atoms with Gasteiger partial charge in [0.1, 0.15) is 6.54 Å². The highest BCUT2D eigenvalue weighted by Crippen LogP contribution is 2.25. The number of nitrogens with zero attached hydrogens (tertiary/aromatic N) is 4. The number of alkyl carbamates (subject to hydrolysis) is 1. The number of nitrogens with one attached hydrogen (secondary N) is 1. The first kappa shape index (κ1) is 24.7. The molecule has 1 atom stereocenters. The van der Waals surface area contributed by atoms with Gasteiger partial charge in [-0.15, -0.1) is 10.2 Å².